The first-order valence-electron chi connectivity index (χ1n) is 9.39. The van der Waals surface area contributed by atoms with Crippen LogP contribution in [0.3, 0.4) is 0 Å². The average Bonchev–Trinajstić information content (AvgIpc) is 3.30. The van der Waals surface area contributed by atoms with Crippen molar-refractivity contribution < 1.29 is 12.8 Å². The Labute approximate surface area is 179 Å². The van der Waals surface area contributed by atoms with E-state index in [2.05, 4.69) is 26.2 Å². The molecule has 0 saturated carbocycles. The summed E-state index contributed by atoms with van der Waals surface area (Å²) < 4.78 is 30.3. The minimum atomic E-state index is -3.35. The summed E-state index contributed by atoms with van der Waals surface area (Å²) in [5.41, 5.74) is 2.74. The van der Waals surface area contributed by atoms with Crippen molar-refractivity contribution >= 4 is 9.84 Å². The summed E-state index contributed by atoms with van der Waals surface area (Å²) in [4.78, 5) is 8.98. The van der Waals surface area contributed by atoms with Crippen LogP contribution in [0.1, 0.15) is 19.4 Å². The fourth-order valence-corrected chi connectivity index (χ4v) is 3.92. The van der Waals surface area contributed by atoms with Crippen LogP contribution >= 0.6 is 0 Å². The number of benzene rings is 2. The molecule has 31 heavy (non-hydrogen) atoms. The van der Waals surface area contributed by atoms with Crippen molar-refractivity contribution in [2.45, 2.75) is 24.0 Å². The van der Waals surface area contributed by atoms with Crippen molar-refractivity contribution in [3.05, 3.63) is 66.5 Å². The van der Waals surface area contributed by atoms with Gasteiger partial charge in [0.25, 0.3) is 5.89 Å². The van der Waals surface area contributed by atoms with E-state index in [0.29, 0.717) is 28.1 Å². The van der Waals surface area contributed by atoms with Gasteiger partial charge in [-0.1, -0.05) is 18.2 Å². The van der Waals surface area contributed by atoms with Gasteiger partial charge in [0.1, 0.15) is 5.69 Å². The van der Waals surface area contributed by atoms with Crippen LogP contribution in [0.25, 0.3) is 34.3 Å². The van der Waals surface area contributed by atoms with E-state index < -0.39 is 15.1 Å². The Morgan fingerprint density at radius 3 is 2.35 bits per heavy atom. The summed E-state index contributed by atoms with van der Waals surface area (Å²) in [5.74, 6) is 0.452. The third kappa shape index (κ3) is 4.06. The monoisotopic (exact) mass is 431 g/mol. The standard InChI is InChI=1S/C22H17N5O3S/c1-14(2)31(28,29)18-8-6-16(7-9-18)19-12-24-13-20(25-19)22-27-26-21(30-22)17-5-3-4-15(10-17)11-23/h3-10,12-14H,1-2H3. The Kier molecular flexibility index (Phi) is 5.31. The van der Waals surface area contributed by atoms with Gasteiger partial charge < -0.3 is 4.42 Å². The molecule has 8 nitrogen and oxygen atoms in total. The third-order valence-corrected chi connectivity index (χ3v) is 6.79. The summed E-state index contributed by atoms with van der Waals surface area (Å²) in [6.07, 6.45) is 3.08. The Balaban J connectivity index is 1.64. The number of hydrogen-bond donors (Lipinski definition) is 0. The van der Waals surface area contributed by atoms with E-state index >= 15 is 0 Å². The van der Waals surface area contributed by atoms with E-state index in [1.54, 1.807) is 68.6 Å². The molecule has 2 heterocycles. The van der Waals surface area contributed by atoms with Crippen LogP contribution in [0.4, 0.5) is 0 Å². The fourth-order valence-electron chi connectivity index (χ4n) is 2.86. The molecule has 2 aromatic carbocycles. The van der Waals surface area contributed by atoms with Gasteiger partial charge in [-0.3, -0.25) is 4.98 Å². The van der Waals surface area contributed by atoms with E-state index in [1.165, 1.54) is 6.20 Å². The Morgan fingerprint density at radius 1 is 0.935 bits per heavy atom. The SMILES string of the molecule is CC(C)S(=O)(=O)c1ccc(-c2cncc(-c3nnc(-c4cccc(C#N)c4)o3)n2)cc1. The highest BCUT2D eigenvalue weighted by Crippen LogP contribution is 2.26. The van der Waals surface area contributed by atoms with Crippen molar-refractivity contribution in [3.63, 3.8) is 0 Å². The molecule has 0 atom stereocenters. The lowest BCUT2D eigenvalue weighted by Gasteiger charge is -2.08. The molecule has 9 heteroatoms. The summed E-state index contributed by atoms with van der Waals surface area (Å²) in [5, 5.41) is 16.6. The minimum absolute atomic E-state index is 0.186. The van der Waals surface area contributed by atoms with Crippen molar-refractivity contribution in [1.29, 1.82) is 5.26 Å². The smallest absolute Gasteiger partial charge is 0.268 e. The van der Waals surface area contributed by atoms with E-state index in [0.717, 1.165) is 0 Å². The van der Waals surface area contributed by atoms with E-state index in [4.69, 9.17) is 9.68 Å². The molecule has 0 unspecified atom stereocenters. The largest absolute Gasteiger partial charge is 0.415 e. The van der Waals surface area contributed by atoms with Gasteiger partial charge in [-0.25, -0.2) is 13.4 Å². The molecule has 154 valence electrons. The Bertz CT molecular complexity index is 1390. The number of hydrogen-bond acceptors (Lipinski definition) is 8. The van der Waals surface area contributed by atoms with Crippen LogP contribution < -0.4 is 0 Å². The second-order valence-electron chi connectivity index (χ2n) is 7.01. The lowest BCUT2D eigenvalue weighted by Crippen LogP contribution is -2.13. The van der Waals surface area contributed by atoms with Gasteiger partial charge in [-0.2, -0.15) is 5.26 Å². The first-order valence-corrected chi connectivity index (χ1v) is 10.9. The summed E-state index contributed by atoms with van der Waals surface area (Å²) >= 11 is 0. The molecule has 0 aliphatic carbocycles. The molecule has 4 aromatic rings. The van der Waals surface area contributed by atoms with Gasteiger partial charge in [0.15, 0.2) is 9.84 Å². The number of nitrogens with zero attached hydrogens (tertiary/aromatic N) is 5. The van der Waals surface area contributed by atoms with E-state index in [-0.39, 0.29) is 16.7 Å². The fraction of sp³-hybridized carbons (Fsp3) is 0.136. The molecule has 0 N–H and O–H groups in total. The molecule has 0 spiro atoms. The first kappa shape index (κ1) is 20.4. The highest BCUT2D eigenvalue weighted by Gasteiger charge is 2.19. The molecule has 0 bridgehead atoms. The van der Waals surface area contributed by atoms with Crippen molar-refractivity contribution in [1.82, 2.24) is 20.2 Å². The second kappa shape index (κ2) is 8.08. The molecule has 0 amide bonds. The van der Waals surface area contributed by atoms with E-state index in [9.17, 15) is 8.42 Å². The van der Waals surface area contributed by atoms with Crippen LogP contribution in [0.15, 0.2) is 70.2 Å². The maximum absolute atomic E-state index is 12.3. The number of rotatable bonds is 5. The Morgan fingerprint density at radius 2 is 1.65 bits per heavy atom. The number of aromatic nitrogens is 4. The predicted molar refractivity (Wildman–Crippen MR) is 113 cm³/mol. The predicted octanol–water partition coefficient (Wildman–Crippen LogP) is 3.91. The molecular weight excluding hydrogens is 414 g/mol. The average molecular weight is 431 g/mol. The van der Waals surface area contributed by atoms with Crippen molar-refractivity contribution in [3.8, 4) is 40.4 Å². The molecule has 0 fully saturated rings. The van der Waals surface area contributed by atoms with Crippen LogP contribution in [0.2, 0.25) is 0 Å². The van der Waals surface area contributed by atoms with Crippen LogP contribution in [-0.2, 0) is 9.84 Å². The lowest BCUT2D eigenvalue weighted by molar-refractivity contribution is 0.581. The van der Waals surface area contributed by atoms with Gasteiger partial charge >= 0.3 is 0 Å². The molecule has 2 aromatic heterocycles. The zero-order valence-electron chi connectivity index (χ0n) is 16.7. The van der Waals surface area contributed by atoms with Gasteiger partial charge in [0.2, 0.25) is 5.89 Å². The van der Waals surface area contributed by atoms with Crippen molar-refractivity contribution in [2.24, 2.45) is 0 Å². The number of sulfone groups is 1. The number of nitriles is 1. The molecule has 0 aliphatic rings. The molecule has 4 rings (SSSR count). The van der Waals surface area contributed by atoms with Crippen molar-refractivity contribution in [2.75, 3.05) is 0 Å². The van der Waals surface area contributed by atoms with Gasteiger partial charge in [0, 0.05) is 11.1 Å². The van der Waals surface area contributed by atoms with Gasteiger partial charge in [0.05, 0.1) is 39.9 Å². The van der Waals surface area contributed by atoms with Gasteiger partial charge in [-0.15, -0.1) is 10.2 Å². The topological polar surface area (TPSA) is 123 Å². The Hall–Kier alpha value is -3.90. The summed E-state index contributed by atoms with van der Waals surface area (Å²) in [7, 11) is -3.35. The first-order chi connectivity index (χ1) is 14.9. The summed E-state index contributed by atoms with van der Waals surface area (Å²) in [6, 6.07) is 15.4. The third-order valence-electron chi connectivity index (χ3n) is 4.62. The van der Waals surface area contributed by atoms with Gasteiger partial charge in [-0.05, 0) is 44.2 Å². The van der Waals surface area contributed by atoms with Crippen LogP contribution in [0.5, 0.6) is 0 Å². The maximum Gasteiger partial charge on any atom is 0.268 e. The zero-order valence-corrected chi connectivity index (χ0v) is 17.5. The van der Waals surface area contributed by atoms with Crippen LogP contribution in [0, 0.1) is 11.3 Å². The molecule has 0 saturated heterocycles. The summed E-state index contributed by atoms with van der Waals surface area (Å²) in [6.45, 7) is 3.29. The maximum atomic E-state index is 12.3. The highest BCUT2D eigenvalue weighted by atomic mass is 32.2. The molecule has 0 aliphatic heterocycles. The zero-order chi connectivity index (χ0) is 22.0. The quantitative estimate of drug-likeness (QED) is 0.466. The highest BCUT2D eigenvalue weighted by molar-refractivity contribution is 7.92. The second-order valence-corrected chi connectivity index (χ2v) is 9.52. The minimum Gasteiger partial charge on any atom is -0.415 e. The van der Waals surface area contributed by atoms with Crippen LogP contribution in [-0.4, -0.2) is 33.8 Å². The normalized spacial score (nSPS) is 11.4. The lowest BCUT2D eigenvalue weighted by atomic mass is 10.1. The molecular formula is C22H17N5O3S. The van der Waals surface area contributed by atoms with E-state index in [1.807, 2.05) is 0 Å². The molecule has 0 radical (unpaired) electrons.